The van der Waals surface area contributed by atoms with Crippen molar-refractivity contribution in [2.75, 3.05) is 7.11 Å². The third-order valence-electron chi connectivity index (χ3n) is 5.33. The number of carbonyl (C=O) groups is 1. The van der Waals surface area contributed by atoms with E-state index in [2.05, 4.69) is 26.5 Å². The highest BCUT2D eigenvalue weighted by Crippen LogP contribution is 2.30. The van der Waals surface area contributed by atoms with Gasteiger partial charge in [0, 0.05) is 5.56 Å². The van der Waals surface area contributed by atoms with E-state index in [-0.39, 0.29) is 27.5 Å². The Kier molecular flexibility index (Phi) is 6.06. The molecule has 0 amide bonds. The monoisotopic (exact) mass is 504 g/mol. The molecule has 0 saturated heterocycles. The van der Waals surface area contributed by atoms with Crippen LogP contribution in [-0.2, 0) is 5.75 Å². The number of nitrogens with zero attached hydrogens (tertiary/aromatic N) is 5. The summed E-state index contributed by atoms with van der Waals surface area (Å²) < 4.78 is 6.95. The number of hydrogen-bond acceptors (Lipinski definition) is 8. The van der Waals surface area contributed by atoms with Gasteiger partial charge in [0.1, 0.15) is 28.4 Å². The first-order valence-electron chi connectivity index (χ1n) is 10.3. The van der Waals surface area contributed by atoms with Crippen molar-refractivity contribution in [2.45, 2.75) is 10.8 Å². The molecule has 0 atom stereocenters. The summed E-state index contributed by atoms with van der Waals surface area (Å²) in [5, 5.41) is 1.20. The number of methoxy groups -OCH3 is 1. The van der Waals surface area contributed by atoms with E-state index in [4.69, 9.17) is 21.3 Å². The quantitative estimate of drug-likeness (QED) is 0.150. The number of hydrogen-bond donors (Lipinski definition) is 1. The lowest BCUT2D eigenvalue weighted by molar-refractivity contribution is 0.104. The fourth-order valence-corrected chi connectivity index (χ4v) is 4.83. The van der Waals surface area contributed by atoms with Crippen LogP contribution in [0.4, 0.5) is 0 Å². The van der Waals surface area contributed by atoms with Gasteiger partial charge in [0.15, 0.2) is 11.4 Å². The zero-order valence-corrected chi connectivity index (χ0v) is 19.9. The molecule has 1 N–H and O–H groups in total. The van der Waals surface area contributed by atoms with Crippen molar-refractivity contribution in [1.29, 1.82) is 0 Å². The summed E-state index contributed by atoms with van der Waals surface area (Å²) in [5.74, 6) is 0.797. The molecule has 3 aromatic heterocycles. The van der Waals surface area contributed by atoms with Crippen molar-refractivity contribution in [1.82, 2.24) is 29.5 Å². The highest BCUT2D eigenvalue weighted by atomic mass is 35.5. The number of imidazole rings is 1. The maximum atomic E-state index is 13.8. The van der Waals surface area contributed by atoms with Crippen LogP contribution in [-0.4, -0.2) is 42.4 Å². The second-order valence-corrected chi connectivity index (χ2v) is 8.70. The number of benzene rings is 2. The molecule has 9 nitrogen and oxygen atoms in total. The fourth-order valence-electron chi connectivity index (χ4n) is 3.70. The SMILES string of the molecule is C=CC(=O)c1ccc(OC)c(-n2c(CSc3ncnc4nc[nH]c34)nc3cccc(Cl)c3c2=O)c1. The van der Waals surface area contributed by atoms with Gasteiger partial charge in [0.25, 0.3) is 5.56 Å². The van der Waals surface area contributed by atoms with Crippen LogP contribution in [0.5, 0.6) is 5.75 Å². The largest absolute Gasteiger partial charge is 0.495 e. The minimum Gasteiger partial charge on any atom is -0.495 e. The van der Waals surface area contributed by atoms with Crippen LogP contribution in [0.2, 0.25) is 5.02 Å². The highest BCUT2D eigenvalue weighted by Gasteiger charge is 2.20. The summed E-state index contributed by atoms with van der Waals surface area (Å²) in [6.45, 7) is 3.55. The summed E-state index contributed by atoms with van der Waals surface area (Å²) in [5.41, 5.74) is 2.02. The topological polar surface area (TPSA) is 116 Å². The highest BCUT2D eigenvalue weighted by molar-refractivity contribution is 7.98. The molecule has 174 valence electrons. The van der Waals surface area contributed by atoms with Crippen molar-refractivity contribution in [3.05, 3.63) is 88.5 Å². The number of ketones is 1. The van der Waals surface area contributed by atoms with Crippen molar-refractivity contribution in [2.24, 2.45) is 0 Å². The van der Waals surface area contributed by atoms with Crippen LogP contribution in [0.15, 0.2) is 71.5 Å². The smallest absolute Gasteiger partial charge is 0.267 e. The molecule has 0 fully saturated rings. The first-order valence-corrected chi connectivity index (χ1v) is 11.7. The number of carbonyl (C=O) groups excluding carboxylic acids is 1. The summed E-state index contributed by atoms with van der Waals surface area (Å²) >= 11 is 7.76. The second kappa shape index (κ2) is 9.32. The molecule has 5 rings (SSSR count). The normalized spacial score (nSPS) is 11.1. The van der Waals surface area contributed by atoms with Crippen LogP contribution < -0.4 is 10.3 Å². The molecule has 2 aromatic carbocycles. The first-order chi connectivity index (χ1) is 17.0. The summed E-state index contributed by atoms with van der Waals surface area (Å²) in [6.07, 6.45) is 4.19. The van der Waals surface area contributed by atoms with Crippen LogP contribution in [0.25, 0.3) is 27.8 Å². The summed E-state index contributed by atoms with van der Waals surface area (Å²) in [6, 6.07) is 9.93. The molecule has 5 aromatic rings. The Morgan fingerprint density at radius 2 is 2.11 bits per heavy atom. The van der Waals surface area contributed by atoms with Gasteiger partial charge in [-0.2, -0.15) is 0 Å². The Morgan fingerprint density at radius 1 is 1.26 bits per heavy atom. The van der Waals surface area contributed by atoms with Crippen molar-refractivity contribution >= 4 is 51.2 Å². The molecule has 0 saturated carbocycles. The number of ether oxygens (including phenoxy) is 1. The first kappa shape index (κ1) is 22.8. The van der Waals surface area contributed by atoms with E-state index in [0.717, 1.165) is 0 Å². The van der Waals surface area contributed by atoms with E-state index in [1.807, 2.05) is 0 Å². The van der Waals surface area contributed by atoms with Gasteiger partial charge in [-0.05, 0) is 36.4 Å². The Bertz CT molecular complexity index is 1680. The molecule has 3 heterocycles. The maximum Gasteiger partial charge on any atom is 0.267 e. The number of nitrogens with one attached hydrogen (secondary N) is 1. The van der Waals surface area contributed by atoms with Gasteiger partial charge in [0.05, 0.1) is 40.8 Å². The molecule has 0 aliphatic heterocycles. The van der Waals surface area contributed by atoms with E-state index in [1.165, 1.54) is 35.8 Å². The predicted molar refractivity (Wildman–Crippen MR) is 135 cm³/mol. The van der Waals surface area contributed by atoms with Crippen LogP contribution in [0.3, 0.4) is 0 Å². The predicted octanol–water partition coefficient (Wildman–Crippen LogP) is 4.38. The molecule has 0 radical (unpaired) electrons. The molecule has 35 heavy (non-hydrogen) atoms. The Morgan fingerprint density at radius 3 is 2.91 bits per heavy atom. The maximum absolute atomic E-state index is 13.8. The number of H-pyrrole nitrogens is 1. The van der Waals surface area contributed by atoms with Gasteiger partial charge in [0.2, 0.25) is 0 Å². The van der Waals surface area contributed by atoms with E-state index in [1.54, 1.807) is 42.7 Å². The third kappa shape index (κ3) is 4.07. The molecule has 0 bridgehead atoms. The average molecular weight is 505 g/mol. The van der Waals surface area contributed by atoms with Crippen LogP contribution >= 0.6 is 23.4 Å². The lowest BCUT2D eigenvalue weighted by atomic mass is 10.1. The zero-order valence-electron chi connectivity index (χ0n) is 18.4. The van der Waals surface area contributed by atoms with Crippen molar-refractivity contribution < 1.29 is 9.53 Å². The number of halogens is 1. The van der Waals surface area contributed by atoms with E-state index in [9.17, 15) is 9.59 Å². The zero-order chi connectivity index (χ0) is 24.5. The van der Waals surface area contributed by atoms with Gasteiger partial charge >= 0.3 is 0 Å². The number of aromatic amines is 1. The van der Waals surface area contributed by atoms with E-state index < -0.39 is 0 Å². The van der Waals surface area contributed by atoms with Crippen LogP contribution in [0.1, 0.15) is 16.2 Å². The fraction of sp³-hybridized carbons (Fsp3) is 0.0833. The lowest BCUT2D eigenvalue weighted by Gasteiger charge is -2.17. The molecule has 0 spiro atoms. The number of fused-ring (bicyclic) bond motifs is 2. The van der Waals surface area contributed by atoms with Crippen molar-refractivity contribution in [3.63, 3.8) is 0 Å². The molecule has 0 aliphatic rings. The van der Waals surface area contributed by atoms with Gasteiger partial charge in [-0.15, -0.1) is 0 Å². The van der Waals surface area contributed by atoms with Gasteiger partial charge in [-0.3, -0.25) is 14.2 Å². The number of thioether (sulfide) groups is 1. The van der Waals surface area contributed by atoms with Crippen LogP contribution in [0, 0.1) is 0 Å². The molecule has 0 unspecified atom stereocenters. The molecule has 11 heteroatoms. The van der Waals surface area contributed by atoms with E-state index >= 15 is 0 Å². The molecular weight excluding hydrogens is 488 g/mol. The average Bonchev–Trinajstić information content (AvgIpc) is 3.36. The summed E-state index contributed by atoms with van der Waals surface area (Å²) in [7, 11) is 1.49. The summed E-state index contributed by atoms with van der Waals surface area (Å²) in [4.78, 5) is 46.6. The minimum absolute atomic E-state index is 0.267. The standard InChI is InChI=1S/C24H17ClN6O3S/c1-3-17(32)13-7-8-18(34-2)16(9-13)31-19(30-15-6-4-5-14(25)20(15)24(31)33)10-35-23-21-22(27-11-26-21)28-12-29-23/h3-9,11-12H,1,10H2,2H3,(H,26,27,28,29). The number of rotatable bonds is 7. The van der Waals surface area contributed by atoms with Crippen molar-refractivity contribution in [3.8, 4) is 11.4 Å². The third-order valence-corrected chi connectivity index (χ3v) is 6.63. The molecule has 0 aliphatic carbocycles. The Labute approximate surface area is 207 Å². The second-order valence-electron chi connectivity index (χ2n) is 7.33. The van der Waals surface area contributed by atoms with Gasteiger partial charge in [-0.25, -0.2) is 19.9 Å². The lowest BCUT2D eigenvalue weighted by Crippen LogP contribution is -2.24. The Hall–Kier alpha value is -4.02. The number of allylic oxidation sites excluding steroid dienone is 1. The van der Waals surface area contributed by atoms with E-state index in [0.29, 0.717) is 44.5 Å². The van der Waals surface area contributed by atoms with Gasteiger partial charge in [-0.1, -0.05) is 36.0 Å². The Balaban J connectivity index is 1.73. The minimum atomic E-state index is -0.382. The number of aromatic nitrogens is 6. The van der Waals surface area contributed by atoms with Gasteiger partial charge < -0.3 is 9.72 Å². The molecular formula is C24H17ClN6O3S.